The summed E-state index contributed by atoms with van der Waals surface area (Å²) in [6, 6.07) is 2.07. The van der Waals surface area contributed by atoms with Crippen molar-refractivity contribution < 1.29 is 0 Å². The van der Waals surface area contributed by atoms with Gasteiger partial charge in [0.05, 0.1) is 0 Å². The zero-order valence-electron chi connectivity index (χ0n) is 9.50. The lowest BCUT2D eigenvalue weighted by Crippen LogP contribution is -2.45. The van der Waals surface area contributed by atoms with Gasteiger partial charge in [-0.2, -0.15) is 11.3 Å². The van der Waals surface area contributed by atoms with Gasteiger partial charge in [-0.1, -0.05) is 0 Å². The van der Waals surface area contributed by atoms with E-state index in [4.69, 9.17) is 10.8 Å². The van der Waals surface area contributed by atoms with Gasteiger partial charge in [-0.25, -0.2) is 0 Å². The fourth-order valence-electron chi connectivity index (χ4n) is 1.04. The summed E-state index contributed by atoms with van der Waals surface area (Å²) in [6.07, 6.45) is 0.892. The van der Waals surface area contributed by atoms with Gasteiger partial charge in [-0.3, -0.25) is 16.1 Å². The zero-order chi connectivity index (χ0) is 12.0. The molecule has 0 aromatic carbocycles. The van der Waals surface area contributed by atoms with E-state index in [9.17, 15) is 0 Å². The normalized spacial score (nSPS) is 9.62. The van der Waals surface area contributed by atoms with Crippen molar-refractivity contribution in [3.63, 3.8) is 0 Å². The maximum absolute atomic E-state index is 7.55. The van der Waals surface area contributed by atoms with Crippen molar-refractivity contribution in [1.29, 1.82) is 10.8 Å². The van der Waals surface area contributed by atoms with Crippen LogP contribution in [-0.2, 0) is 6.42 Å². The predicted molar refractivity (Wildman–Crippen MR) is 68.3 cm³/mol. The molecule has 0 spiro atoms. The van der Waals surface area contributed by atoms with Crippen LogP contribution in [0.5, 0.6) is 0 Å². The molecule has 16 heavy (non-hydrogen) atoms. The van der Waals surface area contributed by atoms with Crippen molar-refractivity contribution in [3.05, 3.63) is 22.4 Å². The standard InChI is InChI=1S/C10H17N5S/c1-15(2)10(12)14-9(11)13-5-3-8-4-6-16-7-8/h4,6-7H,3,5H2,1-2H3,(H4,11,12,13,14). The van der Waals surface area contributed by atoms with E-state index in [-0.39, 0.29) is 11.9 Å². The molecule has 0 amide bonds. The molecule has 4 N–H and O–H groups in total. The summed E-state index contributed by atoms with van der Waals surface area (Å²) in [5.41, 5.74) is 1.27. The largest absolute Gasteiger partial charge is 0.356 e. The van der Waals surface area contributed by atoms with Gasteiger partial charge in [0.1, 0.15) is 0 Å². The summed E-state index contributed by atoms with van der Waals surface area (Å²) in [6.45, 7) is 0.698. The highest BCUT2D eigenvalue weighted by molar-refractivity contribution is 7.07. The summed E-state index contributed by atoms with van der Waals surface area (Å²) >= 11 is 1.68. The second-order valence-electron chi connectivity index (χ2n) is 3.55. The molecule has 0 saturated carbocycles. The van der Waals surface area contributed by atoms with Crippen LogP contribution in [-0.4, -0.2) is 37.5 Å². The summed E-state index contributed by atoms with van der Waals surface area (Å²) in [4.78, 5) is 1.61. The van der Waals surface area contributed by atoms with Crippen molar-refractivity contribution in [2.24, 2.45) is 0 Å². The third-order valence-electron chi connectivity index (χ3n) is 1.99. The Morgan fingerprint density at radius 1 is 1.44 bits per heavy atom. The molecule has 1 aromatic heterocycles. The molecule has 0 atom stereocenters. The van der Waals surface area contributed by atoms with Crippen LogP contribution in [0.25, 0.3) is 0 Å². The molecule has 0 saturated heterocycles. The molecular weight excluding hydrogens is 222 g/mol. The third kappa shape index (κ3) is 4.31. The molecule has 0 aliphatic rings. The van der Waals surface area contributed by atoms with E-state index in [0.717, 1.165) is 6.42 Å². The first-order valence-electron chi connectivity index (χ1n) is 4.96. The van der Waals surface area contributed by atoms with Crippen LogP contribution >= 0.6 is 11.3 Å². The second kappa shape index (κ2) is 6.12. The van der Waals surface area contributed by atoms with E-state index in [1.165, 1.54) is 5.56 Å². The van der Waals surface area contributed by atoms with Crippen molar-refractivity contribution in [1.82, 2.24) is 15.5 Å². The van der Waals surface area contributed by atoms with Gasteiger partial charge in [0, 0.05) is 20.6 Å². The number of hydrogen-bond acceptors (Lipinski definition) is 3. The van der Waals surface area contributed by atoms with Gasteiger partial charge in [-0.15, -0.1) is 0 Å². The van der Waals surface area contributed by atoms with E-state index < -0.39 is 0 Å². The monoisotopic (exact) mass is 239 g/mol. The van der Waals surface area contributed by atoms with Crippen LogP contribution in [0.15, 0.2) is 16.8 Å². The summed E-state index contributed by atoms with van der Waals surface area (Å²) in [7, 11) is 3.52. The topological polar surface area (TPSA) is 75.0 Å². The average Bonchev–Trinajstić information content (AvgIpc) is 2.70. The second-order valence-corrected chi connectivity index (χ2v) is 4.33. The predicted octanol–water partition coefficient (Wildman–Crippen LogP) is 0.901. The molecule has 0 bridgehead atoms. The first kappa shape index (κ1) is 12.5. The van der Waals surface area contributed by atoms with Crippen molar-refractivity contribution in [2.45, 2.75) is 6.42 Å². The first-order valence-corrected chi connectivity index (χ1v) is 5.90. The minimum atomic E-state index is 0.161. The lowest BCUT2D eigenvalue weighted by Gasteiger charge is -2.16. The molecule has 1 aromatic rings. The third-order valence-corrected chi connectivity index (χ3v) is 2.72. The number of nitrogens with one attached hydrogen (secondary N) is 4. The highest BCUT2D eigenvalue weighted by atomic mass is 32.1. The van der Waals surface area contributed by atoms with Crippen molar-refractivity contribution >= 4 is 23.3 Å². The van der Waals surface area contributed by atoms with Crippen LogP contribution in [0, 0.1) is 10.8 Å². The summed E-state index contributed by atoms with van der Waals surface area (Å²) in [5, 5.41) is 24.7. The molecule has 1 rings (SSSR count). The summed E-state index contributed by atoms with van der Waals surface area (Å²) in [5.74, 6) is 0.363. The molecule has 0 fully saturated rings. The minimum Gasteiger partial charge on any atom is -0.356 e. The van der Waals surface area contributed by atoms with Gasteiger partial charge < -0.3 is 10.2 Å². The van der Waals surface area contributed by atoms with Gasteiger partial charge >= 0.3 is 0 Å². The Morgan fingerprint density at radius 3 is 2.75 bits per heavy atom. The highest BCUT2D eigenvalue weighted by Crippen LogP contribution is 2.05. The maximum atomic E-state index is 7.55. The molecule has 0 aliphatic heterocycles. The lowest BCUT2D eigenvalue weighted by atomic mass is 10.2. The SMILES string of the molecule is CN(C)C(=N)NC(=N)NCCc1ccsc1. The molecular formula is C10H17N5S. The van der Waals surface area contributed by atoms with E-state index >= 15 is 0 Å². The van der Waals surface area contributed by atoms with Crippen molar-refractivity contribution in [3.8, 4) is 0 Å². The average molecular weight is 239 g/mol. The molecule has 88 valence electrons. The molecule has 5 nitrogen and oxygen atoms in total. The van der Waals surface area contributed by atoms with Crippen LogP contribution < -0.4 is 10.6 Å². The molecule has 6 heteroatoms. The van der Waals surface area contributed by atoms with Gasteiger partial charge in [-0.05, 0) is 28.8 Å². The number of guanidine groups is 2. The van der Waals surface area contributed by atoms with Crippen molar-refractivity contribution in [2.75, 3.05) is 20.6 Å². The molecule has 0 unspecified atom stereocenters. The number of hydrogen-bond donors (Lipinski definition) is 4. The Morgan fingerprint density at radius 2 is 2.19 bits per heavy atom. The Labute approximate surface area is 99.5 Å². The minimum absolute atomic E-state index is 0.161. The van der Waals surface area contributed by atoms with Crippen LogP contribution in [0.1, 0.15) is 5.56 Å². The molecule has 0 radical (unpaired) electrons. The quantitative estimate of drug-likeness (QED) is 0.468. The Kier molecular flexibility index (Phi) is 4.78. The highest BCUT2D eigenvalue weighted by Gasteiger charge is 2.01. The van der Waals surface area contributed by atoms with E-state index in [2.05, 4.69) is 22.1 Å². The zero-order valence-corrected chi connectivity index (χ0v) is 10.3. The fraction of sp³-hybridized carbons (Fsp3) is 0.400. The van der Waals surface area contributed by atoms with E-state index in [0.29, 0.717) is 6.54 Å². The Hall–Kier alpha value is -1.56. The lowest BCUT2D eigenvalue weighted by molar-refractivity contribution is 0.597. The van der Waals surface area contributed by atoms with Crippen LogP contribution in [0.4, 0.5) is 0 Å². The maximum Gasteiger partial charge on any atom is 0.197 e. The first-order chi connectivity index (χ1) is 7.59. The molecule has 0 aliphatic carbocycles. The van der Waals surface area contributed by atoms with Crippen LogP contribution in [0.2, 0.25) is 0 Å². The fourth-order valence-corrected chi connectivity index (χ4v) is 1.74. The summed E-state index contributed by atoms with van der Waals surface area (Å²) < 4.78 is 0. The Balaban J connectivity index is 2.18. The van der Waals surface area contributed by atoms with E-state index in [1.54, 1.807) is 30.3 Å². The Bertz CT molecular complexity index is 344. The number of thiophene rings is 1. The van der Waals surface area contributed by atoms with Crippen LogP contribution in [0.3, 0.4) is 0 Å². The van der Waals surface area contributed by atoms with Gasteiger partial charge in [0.25, 0.3) is 0 Å². The number of rotatable bonds is 3. The number of nitrogens with zero attached hydrogens (tertiary/aromatic N) is 1. The molecule has 1 heterocycles. The smallest absolute Gasteiger partial charge is 0.197 e. The van der Waals surface area contributed by atoms with Gasteiger partial charge in [0.2, 0.25) is 0 Å². The van der Waals surface area contributed by atoms with E-state index in [1.807, 2.05) is 5.38 Å². The van der Waals surface area contributed by atoms with Gasteiger partial charge in [0.15, 0.2) is 11.9 Å².